The molecule has 1 atom stereocenters. The van der Waals surface area contributed by atoms with Crippen LogP contribution < -0.4 is 11.1 Å². The van der Waals surface area contributed by atoms with E-state index in [2.05, 4.69) is 10.5 Å². The molecule has 0 heterocycles. The van der Waals surface area contributed by atoms with Crippen LogP contribution in [-0.4, -0.2) is 17.0 Å². The average Bonchev–Trinajstić information content (AvgIpc) is 2.54. The van der Waals surface area contributed by atoms with Crippen LogP contribution in [0.1, 0.15) is 51.6 Å². The Morgan fingerprint density at radius 3 is 2.29 bits per heavy atom. The number of rotatable bonds is 7. The monoisotopic (exact) mass is 291 g/mol. The number of nitrogens with one attached hydrogen (secondary N) is 1. The van der Waals surface area contributed by atoms with Gasteiger partial charge in [0, 0.05) is 0 Å². The van der Waals surface area contributed by atoms with Crippen molar-refractivity contribution >= 4 is 11.7 Å². The minimum absolute atomic E-state index is 0.0343. The molecule has 0 spiro atoms. The Labute approximate surface area is 126 Å². The second-order valence-electron chi connectivity index (χ2n) is 5.12. The van der Waals surface area contributed by atoms with Crippen molar-refractivity contribution in [1.29, 1.82) is 0 Å². The molecule has 1 unspecified atom stereocenters. The molecule has 1 amide bonds. The molecule has 5 nitrogen and oxygen atoms in total. The van der Waals surface area contributed by atoms with Gasteiger partial charge in [0.2, 0.25) is 5.91 Å². The van der Waals surface area contributed by atoms with Crippen molar-refractivity contribution in [2.75, 3.05) is 0 Å². The Hall–Kier alpha value is -2.04. The number of benzene rings is 1. The summed E-state index contributed by atoms with van der Waals surface area (Å²) in [6, 6.07) is 9.72. The highest BCUT2D eigenvalue weighted by Crippen LogP contribution is 2.29. The van der Waals surface area contributed by atoms with Crippen LogP contribution >= 0.6 is 0 Å². The first kappa shape index (κ1) is 17.0. The molecule has 0 aromatic heterocycles. The molecular weight excluding hydrogens is 266 g/mol. The maximum atomic E-state index is 12.7. The first-order valence-corrected chi connectivity index (χ1v) is 7.39. The molecule has 1 aromatic rings. The van der Waals surface area contributed by atoms with Crippen LogP contribution in [0, 0.1) is 5.41 Å². The van der Waals surface area contributed by atoms with Crippen LogP contribution in [0.5, 0.6) is 0 Å². The number of hydrogen-bond donors (Lipinski definition) is 3. The third-order valence-electron chi connectivity index (χ3n) is 4.16. The predicted molar refractivity (Wildman–Crippen MR) is 84.0 cm³/mol. The van der Waals surface area contributed by atoms with Gasteiger partial charge in [-0.3, -0.25) is 4.79 Å². The fraction of sp³-hybridized carbons (Fsp3) is 0.500. The van der Waals surface area contributed by atoms with Crippen molar-refractivity contribution in [3.63, 3.8) is 0 Å². The topological polar surface area (TPSA) is 87.7 Å². The summed E-state index contributed by atoms with van der Waals surface area (Å²) in [5, 5.41) is 15.1. The van der Waals surface area contributed by atoms with Gasteiger partial charge in [-0.25, -0.2) is 0 Å². The molecule has 21 heavy (non-hydrogen) atoms. The lowest BCUT2D eigenvalue weighted by molar-refractivity contribution is -0.128. The van der Waals surface area contributed by atoms with Crippen LogP contribution in [0.2, 0.25) is 0 Å². The molecule has 116 valence electrons. The number of carbonyl (C=O) groups is 1. The van der Waals surface area contributed by atoms with Gasteiger partial charge in [0.1, 0.15) is 5.41 Å². The molecule has 1 rings (SSSR count). The molecule has 0 radical (unpaired) electrons. The molecule has 0 saturated heterocycles. The van der Waals surface area contributed by atoms with Gasteiger partial charge in [0.15, 0.2) is 5.84 Å². The van der Waals surface area contributed by atoms with Crippen LogP contribution in [0.25, 0.3) is 0 Å². The van der Waals surface area contributed by atoms with Crippen molar-refractivity contribution in [3.8, 4) is 0 Å². The van der Waals surface area contributed by atoms with Crippen molar-refractivity contribution in [1.82, 2.24) is 5.32 Å². The third-order valence-corrected chi connectivity index (χ3v) is 4.16. The average molecular weight is 291 g/mol. The number of nitrogens with two attached hydrogens (primary N) is 1. The van der Waals surface area contributed by atoms with Crippen LogP contribution in [0.4, 0.5) is 0 Å². The number of carbonyl (C=O) groups excluding carboxylic acids is 1. The molecule has 0 aliphatic carbocycles. The highest BCUT2D eigenvalue weighted by molar-refractivity contribution is 6.06. The first-order valence-electron chi connectivity index (χ1n) is 7.39. The minimum atomic E-state index is -0.961. The van der Waals surface area contributed by atoms with E-state index < -0.39 is 5.41 Å². The maximum absolute atomic E-state index is 12.7. The molecule has 0 aliphatic heterocycles. The van der Waals surface area contributed by atoms with Crippen molar-refractivity contribution < 1.29 is 10.0 Å². The molecule has 0 aliphatic rings. The Bertz CT molecular complexity index is 482. The van der Waals surface area contributed by atoms with Gasteiger partial charge in [-0.15, -0.1) is 0 Å². The molecule has 5 heteroatoms. The lowest BCUT2D eigenvalue weighted by Gasteiger charge is -2.31. The Morgan fingerprint density at radius 2 is 1.86 bits per heavy atom. The van der Waals surface area contributed by atoms with E-state index in [0.29, 0.717) is 12.8 Å². The number of oxime groups is 1. The highest BCUT2D eigenvalue weighted by atomic mass is 16.4. The van der Waals surface area contributed by atoms with E-state index in [1.54, 1.807) is 0 Å². The first-order chi connectivity index (χ1) is 10.1. The van der Waals surface area contributed by atoms with Gasteiger partial charge in [0.05, 0.1) is 6.04 Å². The molecule has 4 N–H and O–H groups in total. The van der Waals surface area contributed by atoms with E-state index >= 15 is 0 Å². The van der Waals surface area contributed by atoms with E-state index in [0.717, 1.165) is 12.0 Å². The summed E-state index contributed by atoms with van der Waals surface area (Å²) in [7, 11) is 0. The molecular formula is C16H25N3O2. The number of nitrogens with zero attached hydrogens (tertiary/aromatic N) is 1. The fourth-order valence-electron chi connectivity index (χ4n) is 2.55. The van der Waals surface area contributed by atoms with Gasteiger partial charge in [-0.05, 0) is 24.8 Å². The van der Waals surface area contributed by atoms with E-state index in [1.165, 1.54) is 0 Å². The number of hydrogen-bond acceptors (Lipinski definition) is 3. The highest BCUT2D eigenvalue weighted by Gasteiger charge is 2.40. The minimum Gasteiger partial charge on any atom is -0.409 e. The summed E-state index contributed by atoms with van der Waals surface area (Å²) < 4.78 is 0. The summed E-state index contributed by atoms with van der Waals surface area (Å²) >= 11 is 0. The lowest BCUT2D eigenvalue weighted by atomic mass is 9.79. The quantitative estimate of drug-likeness (QED) is 0.312. The van der Waals surface area contributed by atoms with Gasteiger partial charge in [-0.2, -0.15) is 0 Å². The van der Waals surface area contributed by atoms with E-state index in [4.69, 9.17) is 10.9 Å². The molecule has 1 aromatic carbocycles. The second-order valence-corrected chi connectivity index (χ2v) is 5.12. The fourth-order valence-corrected chi connectivity index (χ4v) is 2.55. The van der Waals surface area contributed by atoms with Crippen LogP contribution in [-0.2, 0) is 4.79 Å². The second kappa shape index (κ2) is 7.67. The standard InChI is InChI=1S/C16H25N3O2/c1-4-13(12-10-8-7-9-11-12)18-15(20)16(5-2,6-3)14(17)19-21/h7-11,13,21H,4-6H2,1-3H3,(H2,17,19)(H,18,20). The van der Waals surface area contributed by atoms with E-state index in [1.807, 2.05) is 51.1 Å². The van der Waals surface area contributed by atoms with Gasteiger partial charge in [0.25, 0.3) is 0 Å². The molecule has 0 saturated carbocycles. The summed E-state index contributed by atoms with van der Waals surface area (Å²) in [6.07, 6.45) is 1.74. The lowest BCUT2D eigenvalue weighted by Crippen LogP contribution is -2.50. The SMILES string of the molecule is CCC(NC(=O)C(CC)(CC)C(N)=NO)c1ccccc1. The zero-order chi connectivity index (χ0) is 15.9. The maximum Gasteiger partial charge on any atom is 0.234 e. The molecule has 0 fully saturated rings. The van der Waals surface area contributed by atoms with Crippen molar-refractivity contribution in [3.05, 3.63) is 35.9 Å². The zero-order valence-electron chi connectivity index (χ0n) is 13.0. The van der Waals surface area contributed by atoms with Crippen molar-refractivity contribution in [2.45, 2.75) is 46.1 Å². The zero-order valence-corrected chi connectivity index (χ0v) is 13.0. The smallest absolute Gasteiger partial charge is 0.234 e. The van der Waals surface area contributed by atoms with E-state index in [9.17, 15) is 4.79 Å². The number of amides is 1. The van der Waals surface area contributed by atoms with E-state index in [-0.39, 0.29) is 17.8 Å². The van der Waals surface area contributed by atoms with Gasteiger partial charge in [-0.1, -0.05) is 56.3 Å². The summed E-state index contributed by atoms with van der Waals surface area (Å²) in [4.78, 5) is 12.7. The third kappa shape index (κ3) is 3.54. The van der Waals surface area contributed by atoms with Gasteiger partial charge < -0.3 is 16.3 Å². The largest absolute Gasteiger partial charge is 0.409 e. The number of amidine groups is 1. The summed E-state index contributed by atoms with van der Waals surface area (Å²) in [5.41, 5.74) is 5.86. The predicted octanol–water partition coefficient (Wildman–Crippen LogP) is 2.81. The summed E-state index contributed by atoms with van der Waals surface area (Å²) in [5.74, 6) is -0.230. The molecule has 0 bridgehead atoms. The van der Waals surface area contributed by atoms with Crippen molar-refractivity contribution in [2.24, 2.45) is 16.3 Å². The Kier molecular flexibility index (Phi) is 6.21. The van der Waals surface area contributed by atoms with Crippen LogP contribution in [0.15, 0.2) is 35.5 Å². The Balaban J connectivity index is 3.01. The Morgan fingerprint density at radius 1 is 1.29 bits per heavy atom. The van der Waals surface area contributed by atoms with Gasteiger partial charge >= 0.3 is 0 Å². The summed E-state index contributed by atoms with van der Waals surface area (Å²) in [6.45, 7) is 5.75. The normalized spacial score (nSPS) is 13.8. The van der Waals surface area contributed by atoms with Crippen LogP contribution in [0.3, 0.4) is 0 Å².